The lowest BCUT2D eigenvalue weighted by Crippen LogP contribution is -2.20. The van der Waals surface area contributed by atoms with Crippen molar-refractivity contribution in [3.05, 3.63) is 18.1 Å². The molecule has 0 radical (unpaired) electrons. The molecule has 12 heavy (non-hydrogen) atoms. The molecule has 0 unspecified atom stereocenters. The van der Waals surface area contributed by atoms with Gasteiger partial charge in [0.15, 0.2) is 0 Å². The molecule has 0 aliphatic carbocycles. The van der Waals surface area contributed by atoms with Crippen LogP contribution in [0.25, 0.3) is 0 Å². The summed E-state index contributed by atoms with van der Waals surface area (Å²) in [5, 5.41) is 10.6. The van der Waals surface area contributed by atoms with Crippen molar-refractivity contribution in [2.45, 2.75) is 0 Å². The van der Waals surface area contributed by atoms with Gasteiger partial charge in [0, 0.05) is 6.07 Å². The molecule has 0 atom stereocenters. The second-order valence-electron chi connectivity index (χ2n) is 1.96. The first-order valence-electron chi connectivity index (χ1n) is 2.98. The lowest BCUT2D eigenvalue weighted by molar-refractivity contribution is 0.0664. The van der Waals surface area contributed by atoms with Gasteiger partial charge in [-0.1, -0.05) is 0 Å². The molecule has 6 nitrogen and oxygen atoms in total. The van der Waals surface area contributed by atoms with Gasteiger partial charge in [0.25, 0.3) is 0 Å². The molecule has 1 rings (SSSR count). The minimum absolute atomic E-state index is 0.0509. The summed E-state index contributed by atoms with van der Waals surface area (Å²) >= 11 is 0. The highest BCUT2D eigenvalue weighted by Gasteiger charge is 2.14. The van der Waals surface area contributed by atoms with Gasteiger partial charge in [0.1, 0.15) is 0 Å². The molecule has 1 aromatic rings. The number of carboxylic acids is 1. The number of primary amides is 1. The molecule has 0 fully saturated rings. The van der Waals surface area contributed by atoms with Gasteiger partial charge in [-0.15, -0.1) is 0 Å². The van der Waals surface area contributed by atoms with Gasteiger partial charge in [-0.05, 0) is 0 Å². The number of anilines is 1. The largest absolute Gasteiger partial charge is 0.475 e. The third kappa shape index (κ3) is 1.54. The van der Waals surface area contributed by atoms with E-state index in [2.05, 4.69) is 9.73 Å². The van der Waals surface area contributed by atoms with E-state index in [1.807, 2.05) is 0 Å². The zero-order valence-corrected chi connectivity index (χ0v) is 5.90. The highest BCUT2D eigenvalue weighted by atomic mass is 16.4. The van der Waals surface area contributed by atoms with Crippen LogP contribution >= 0.6 is 0 Å². The maximum atomic E-state index is 10.4. The highest BCUT2D eigenvalue weighted by Crippen LogP contribution is 2.15. The van der Waals surface area contributed by atoms with Crippen LogP contribution in [0.4, 0.5) is 10.5 Å². The second kappa shape index (κ2) is 2.95. The van der Waals surface area contributed by atoms with Crippen LogP contribution in [0.3, 0.4) is 0 Å². The smallest absolute Gasteiger partial charge is 0.374 e. The van der Waals surface area contributed by atoms with E-state index in [0.29, 0.717) is 0 Å². The molecule has 1 aromatic heterocycles. The summed E-state index contributed by atoms with van der Waals surface area (Å²) in [5.74, 6) is -1.60. The Morgan fingerprint density at radius 2 is 2.25 bits per heavy atom. The van der Waals surface area contributed by atoms with E-state index in [1.165, 1.54) is 6.07 Å². The molecule has 1 heterocycles. The molecule has 0 aliphatic rings. The number of amides is 2. The minimum Gasteiger partial charge on any atom is -0.475 e. The van der Waals surface area contributed by atoms with Crippen LogP contribution < -0.4 is 11.1 Å². The van der Waals surface area contributed by atoms with Gasteiger partial charge in [-0.25, -0.2) is 9.59 Å². The van der Waals surface area contributed by atoms with Crippen LogP contribution in [-0.4, -0.2) is 17.1 Å². The van der Waals surface area contributed by atoms with Crippen molar-refractivity contribution in [2.24, 2.45) is 5.73 Å². The molecule has 0 saturated carbocycles. The molecule has 0 spiro atoms. The third-order valence-electron chi connectivity index (χ3n) is 1.12. The maximum Gasteiger partial charge on any atom is 0.374 e. The molecule has 4 N–H and O–H groups in total. The lowest BCUT2D eigenvalue weighted by Gasteiger charge is -1.96. The van der Waals surface area contributed by atoms with Gasteiger partial charge >= 0.3 is 12.0 Å². The van der Waals surface area contributed by atoms with Crippen molar-refractivity contribution in [1.82, 2.24) is 0 Å². The Kier molecular flexibility index (Phi) is 2.00. The quantitative estimate of drug-likeness (QED) is 0.599. The van der Waals surface area contributed by atoms with E-state index < -0.39 is 12.0 Å². The van der Waals surface area contributed by atoms with Crippen molar-refractivity contribution in [1.29, 1.82) is 0 Å². The number of urea groups is 1. The first kappa shape index (κ1) is 8.12. The Morgan fingerprint density at radius 3 is 2.75 bits per heavy atom. The van der Waals surface area contributed by atoms with Crippen LogP contribution in [-0.2, 0) is 0 Å². The first-order chi connectivity index (χ1) is 5.61. The standard InChI is InChI=1S/C6H6N2O4/c7-6(11)8-3-1-2-12-4(3)5(9)10/h1-2H,(H,9,10)(H3,7,8,11). The van der Waals surface area contributed by atoms with Crippen LogP contribution in [0, 0.1) is 0 Å². The minimum atomic E-state index is -1.26. The number of carbonyl (C=O) groups excluding carboxylic acids is 1. The van der Waals surface area contributed by atoms with Crippen LogP contribution in [0.15, 0.2) is 16.7 Å². The predicted octanol–water partition coefficient (Wildman–Crippen LogP) is 0.468. The van der Waals surface area contributed by atoms with Crippen LogP contribution in [0.1, 0.15) is 10.6 Å². The number of hydrogen-bond acceptors (Lipinski definition) is 3. The fraction of sp³-hybridized carbons (Fsp3) is 0. The van der Waals surface area contributed by atoms with E-state index in [0.717, 1.165) is 6.26 Å². The Balaban J connectivity index is 2.91. The summed E-state index contributed by atoms with van der Waals surface area (Å²) in [7, 11) is 0. The van der Waals surface area contributed by atoms with Gasteiger partial charge in [0.2, 0.25) is 5.76 Å². The molecule has 6 heteroatoms. The molecule has 64 valence electrons. The summed E-state index contributed by atoms with van der Waals surface area (Å²) in [4.78, 5) is 20.7. The molecule has 0 aromatic carbocycles. The summed E-state index contributed by atoms with van der Waals surface area (Å²) in [6.45, 7) is 0. The summed E-state index contributed by atoms with van der Waals surface area (Å²) in [6, 6.07) is 0.465. The summed E-state index contributed by atoms with van der Waals surface area (Å²) in [5.41, 5.74) is 4.82. The van der Waals surface area contributed by atoms with Crippen LogP contribution in [0.5, 0.6) is 0 Å². The number of nitrogens with one attached hydrogen (secondary N) is 1. The number of furan rings is 1. The molecular formula is C6H6N2O4. The SMILES string of the molecule is NC(=O)Nc1ccoc1C(=O)O. The number of nitrogens with two attached hydrogens (primary N) is 1. The Labute approximate surface area is 67.0 Å². The van der Waals surface area contributed by atoms with Gasteiger partial charge in [-0.2, -0.15) is 0 Å². The number of hydrogen-bond donors (Lipinski definition) is 3. The first-order valence-corrected chi connectivity index (χ1v) is 2.98. The van der Waals surface area contributed by atoms with E-state index in [9.17, 15) is 9.59 Å². The van der Waals surface area contributed by atoms with Crippen molar-refractivity contribution in [2.75, 3.05) is 5.32 Å². The number of carboxylic acid groups (broad SMARTS) is 1. The zero-order valence-electron chi connectivity index (χ0n) is 5.90. The lowest BCUT2D eigenvalue weighted by atomic mass is 10.4. The molecule has 0 aliphatic heterocycles. The number of aromatic carboxylic acids is 1. The molecule has 0 bridgehead atoms. The zero-order chi connectivity index (χ0) is 9.14. The van der Waals surface area contributed by atoms with Gasteiger partial charge in [0.05, 0.1) is 12.0 Å². The Morgan fingerprint density at radius 1 is 1.58 bits per heavy atom. The van der Waals surface area contributed by atoms with Crippen LogP contribution in [0.2, 0.25) is 0 Å². The molecule has 2 amide bonds. The highest BCUT2D eigenvalue weighted by molar-refractivity contribution is 5.97. The fourth-order valence-electron chi connectivity index (χ4n) is 0.706. The normalized spacial score (nSPS) is 9.33. The van der Waals surface area contributed by atoms with Gasteiger partial charge in [-0.3, -0.25) is 0 Å². The van der Waals surface area contributed by atoms with E-state index in [-0.39, 0.29) is 11.4 Å². The van der Waals surface area contributed by atoms with E-state index in [1.54, 1.807) is 0 Å². The van der Waals surface area contributed by atoms with Crippen molar-refractivity contribution in [3.63, 3.8) is 0 Å². The Bertz CT molecular complexity index is 317. The summed E-state index contributed by atoms with van der Waals surface area (Å²) < 4.78 is 4.56. The number of rotatable bonds is 2. The van der Waals surface area contributed by atoms with Gasteiger partial charge < -0.3 is 20.6 Å². The second-order valence-corrected chi connectivity index (χ2v) is 1.96. The third-order valence-corrected chi connectivity index (χ3v) is 1.12. The number of carbonyl (C=O) groups is 2. The van der Waals surface area contributed by atoms with E-state index in [4.69, 9.17) is 10.8 Å². The molecule has 0 saturated heterocycles. The monoisotopic (exact) mass is 170 g/mol. The topological polar surface area (TPSA) is 106 Å². The van der Waals surface area contributed by atoms with Crippen molar-refractivity contribution in [3.8, 4) is 0 Å². The summed E-state index contributed by atoms with van der Waals surface area (Å²) in [6.07, 6.45) is 1.15. The average Bonchev–Trinajstić information content (AvgIpc) is 2.33. The average molecular weight is 170 g/mol. The fourth-order valence-corrected chi connectivity index (χ4v) is 0.706. The Hall–Kier alpha value is -1.98. The maximum absolute atomic E-state index is 10.4. The van der Waals surface area contributed by atoms with E-state index >= 15 is 0 Å². The molecular weight excluding hydrogens is 164 g/mol. The predicted molar refractivity (Wildman–Crippen MR) is 38.9 cm³/mol. The van der Waals surface area contributed by atoms with Crippen molar-refractivity contribution < 1.29 is 19.1 Å². The van der Waals surface area contributed by atoms with Crippen molar-refractivity contribution >= 4 is 17.7 Å².